The zero-order chi connectivity index (χ0) is 21.9. The number of sulfonamides is 1. The first-order valence-electron chi connectivity index (χ1n) is 9.97. The van der Waals surface area contributed by atoms with Gasteiger partial charge in [-0.3, -0.25) is 9.10 Å². The van der Waals surface area contributed by atoms with Gasteiger partial charge in [0.1, 0.15) is 6.04 Å². The highest BCUT2D eigenvalue weighted by molar-refractivity contribution is 7.92. The number of rotatable bonds is 6. The lowest BCUT2D eigenvalue weighted by molar-refractivity contribution is -0.116. The van der Waals surface area contributed by atoms with E-state index < -0.39 is 16.1 Å². The number of anilines is 3. The highest BCUT2D eigenvalue weighted by atomic mass is 32.2. The second-order valence-corrected chi connectivity index (χ2v) is 9.52. The number of morpholine rings is 1. The predicted molar refractivity (Wildman–Crippen MR) is 121 cm³/mol. The van der Waals surface area contributed by atoms with Crippen molar-refractivity contribution in [1.82, 2.24) is 0 Å². The summed E-state index contributed by atoms with van der Waals surface area (Å²) in [5.74, 6) is -0.388. The molecule has 0 aromatic heterocycles. The van der Waals surface area contributed by atoms with Crippen molar-refractivity contribution in [3.63, 3.8) is 0 Å². The number of hydrogen-bond acceptors (Lipinski definition) is 5. The first kappa shape index (κ1) is 22.1. The Morgan fingerprint density at radius 1 is 1.10 bits per heavy atom. The van der Waals surface area contributed by atoms with E-state index in [-0.39, 0.29) is 5.91 Å². The van der Waals surface area contributed by atoms with Crippen molar-refractivity contribution in [2.45, 2.75) is 26.8 Å². The summed E-state index contributed by atoms with van der Waals surface area (Å²) in [4.78, 5) is 15.1. The molecule has 8 heteroatoms. The summed E-state index contributed by atoms with van der Waals surface area (Å²) >= 11 is 0. The largest absolute Gasteiger partial charge is 0.378 e. The van der Waals surface area contributed by atoms with Gasteiger partial charge in [0.2, 0.25) is 15.9 Å². The Morgan fingerprint density at radius 3 is 2.33 bits per heavy atom. The summed E-state index contributed by atoms with van der Waals surface area (Å²) in [5.41, 5.74) is 3.93. The number of hydrogen-bond donors (Lipinski definition) is 1. The number of nitrogens with one attached hydrogen (secondary N) is 1. The first-order valence-corrected chi connectivity index (χ1v) is 11.8. The Labute approximate surface area is 178 Å². The molecule has 30 heavy (non-hydrogen) atoms. The average Bonchev–Trinajstić information content (AvgIpc) is 2.71. The van der Waals surface area contributed by atoms with Crippen LogP contribution >= 0.6 is 0 Å². The SMILES string of the molecule is Cc1ccc(C)c(N([C@H](C)C(=O)Nc2ccc(N3CCOCC3)cc2)S(C)(=O)=O)c1. The summed E-state index contributed by atoms with van der Waals surface area (Å²) in [6.07, 6.45) is 1.12. The maximum Gasteiger partial charge on any atom is 0.247 e. The molecule has 0 bridgehead atoms. The van der Waals surface area contributed by atoms with Crippen molar-refractivity contribution in [3.05, 3.63) is 53.6 Å². The van der Waals surface area contributed by atoms with Crippen molar-refractivity contribution >= 4 is 33.0 Å². The normalized spacial score (nSPS) is 15.5. The Bertz CT molecular complexity index is 1000. The van der Waals surface area contributed by atoms with Crippen molar-refractivity contribution in [2.24, 2.45) is 0 Å². The molecule has 0 radical (unpaired) electrons. The molecule has 1 saturated heterocycles. The molecule has 0 aliphatic carbocycles. The van der Waals surface area contributed by atoms with Crippen LogP contribution < -0.4 is 14.5 Å². The predicted octanol–water partition coefficient (Wildman–Crippen LogP) is 2.93. The molecule has 1 fully saturated rings. The number of amides is 1. The van der Waals surface area contributed by atoms with E-state index in [9.17, 15) is 13.2 Å². The molecular weight excluding hydrogens is 402 g/mol. The molecule has 0 spiro atoms. The van der Waals surface area contributed by atoms with E-state index in [0.29, 0.717) is 24.6 Å². The van der Waals surface area contributed by atoms with Gasteiger partial charge in [-0.25, -0.2) is 8.42 Å². The van der Waals surface area contributed by atoms with Gasteiger partial charge < -0.3 is 15.0 Å². The lowest BCUT2D eigenvalue weighted by Crippen LogP contribution is -2.45. The molecule has 1 aliphatic heterocycles. The minimum Gasteiger partial charge on any atom is -0.378 e. The van der Waals surface area contributed by atoms with Crippen molar-refractivity contribution < 1.29 is 17.9 Å². The number of benzene rings is 2. The summed E-state index contributed by atoms with van der Waals surface area (Å²) in [6, 6.07) is 12.2. The van der Waals surface area contributed by atoms with Gasteiger partial charge in [0.05, 0.1) is 25.2 Å². The molecule has 1 amide bonds. The molecule has 1 aliphatic rings. The summed E-state index contributed by atoms with van der Waals surface area (Å²) in [7, 11) is -3.66. The van der Waals surface area contributed by atoms with Gasteiger partial charge in [-0.05, 0) is 62.2 Å². The Hall–Kier alpha value is -2.58. The second kappa shape index (κ2) is 9.06. The van der Waals surface area contributed by atoms with Crippen molar-refractivity contribution in [1.29, 1.82) is 0 Å². The lowest BCUT2D eigenvalue weighted by atomic mass is 10.1. The van der Waals surface area contributed by atoms with Crippen LogP contribution in [0.15, 0.2) is 42.5 Å². The van der Waals surface area contributed by atoms with Crippen LogP contribution in [0.5, 0.6) is 0 Å². The second-order valence-electron chi connectivity index (χ2n) is 7.66. The van der Waals surface area contributed by atoms with E-state index in [1.165, 1.54) is 4.31 Å². The molecular formula is C22H29N3O4S. The van der Waals surface area contributed by atoms with Crippen LogP contribution in [0.2, 0.25) is 0 Å². The molecule has 0 saturated carbocycles. The minimum absolute atomic E-state index is 0.388. The first-order chi connectivity index (χ1) is 14.2. The number of carbonyl (C=O) groups is 1. The maximum atomic E-state index is 12.9. The van der Waals surface area contributed by atoms with Gasteiger partial charge in [-0.15, -0.1) is 0 Å². The van der Waals surface area contributed by atoms with E-state index in [1.54, 1.807) is 13.0 Å². The van der Waals surface area contributed by atoms with Crippen LogP contribution in [0.3, 0.4) is 0 Å². The third-order valence-electron chi connectivity index (χ3n) is 5.20. The van der Waals surface area contributed by atoms with Gasteiger partial charge >= 0.3 is 0 Å². The van der Waals surface area contributed by atoms with E-state index >= 15 is 0 Å². The molecule has 162 valence electrons. The van der Waals surface area contributed by atoms with Crippen LogP contribution in [0.4, 0.5) is 17.1 Å². The average molecular weight is 432 g/mol. The third kappa shape index (κ3) is 5.12. The topological polar surface area (TPSA) is 79.0 Å². The van der Waals surface area contributed by atoms with Gasteiger partial charge in [0.25, 0.3) is 0 Å². The smallest absolute Gasteiger partial charge is 0.247 e. The number of carbonyl (C=O) groups excluding carboxylic acids is 1. The van der Waals surface area contributed by atoms with Crippen LogP contribution in [-0.2, 0) is 19.6 Å². The lowest BCUT2D eigenvalue weighted by Gasteiger charge is -2.30. The fraction of sp³-hybridized carbons (Fsp3) is 0.409. The fourth-order valence-electron chi connectivity index (χ4n) is 3.56. The summed E-state index contributed by atoms with van der Waals surface area (Å²) in [5, 5.41) is 2.84. The highest BCUT2D eigenvalue weighted by Gasteiger charge is 2.30. The Kier molecular flexibility index (Phi) is 6.67. The Balaban J connectivity index is 1.78. The standard InChI is InChI=1S/C22H29N3O4S/c1-16-5-6-17(2)21(15-16)25(30(4,27)28)18(3)22(26)23-19-7-9-20(10-8-19)24-11-13-29-14-12-24/h5-10,15,18H,11-14H2,1-4H3,(H,23,26)/t18-/m1/s1. The quantitative estimate of drug-likeness (QED) is 0.761. The van der Waals surface area contributed by atoms with Gasteiger partial charge in [-0.1, -0.05) is 12.1 Å². The van der Waals surface area contributed by atoms with Gasteiger partial charge in [-0.2, -0.15) is 0 Å². The highest BCUT2D eigenvalue weighted by Crippen LogP contribution is 2.27. The van der Waals surface area contributed by atoms with Crippen LogP contribution in [0.1, 0.15) is 18.1 Å². The molecule has 3 rings (SSSR count). The molecule has 2 aromatic rings. The monoisotopic (exact) mass is 431 g/mol. The van der Waals surface area contributed by atoms with E-state index in [0.717, 1.165) is 36.2 Å². The molecule has 1 heterocycles. The van der Waals surface area contributed by atoms with Crippen molar-refractivity contribution in [2.75, 3.05) is 47.1 Å². The summed E-state index contributed by atoms with van der Waals surface area (Å²) < 4.78 is 31.6. The fourth-order valence-corrected chi connectivity index (χ4v) is 4.79. The van der Waals surface area contributed by atoms with E-state index in [1.807, 2.05) is 50.2 Å². The van der Waals surface area contributed by atoms with Gasteiger partial charge in [0, 0.05) is 24.5 Å². The van der Waals surface area contributed by atoms with Crippen LogP contribution in [-0.4, -0.2) is 52.9 Å². The zero-order valence-electron chi connectivity index (χ0n) is 17.9. The van der Waals surface area contributed by atoms with Crippen molar-refractivity contribution in [3.8, 4) is 0 Å². The van der Waals surface area contributed by atoms with Crippen LogP contribution in [0.25, 0.3) is 0 Å². The molecule has 0 unspecified atom stereocenters. The summed E-state index contributed by atoms with van der Waals surface area (Å²) in [6.45, 7) is 8.40. The molecule has 7 nitrogen and oxygen atoms in total. The van der Waals surface area contributed by atoms with E-state index in [2.05, 4.69) is 10.2 Å². The van der Waals surface area contributed by atoms with Crippen LogP contribution in [0, 0.1) is 13.8 Å². The molecule has 1 N–H and O–H groups in total. The Morgan fingerprint density at radius 2 is 1.73 bits per heavy atom. The zero-order valence-corrected chi connectivity index (χ0v) is 18.7. The third-order valence-corrected chi connectivity index (χ3v) is 6.43. The number of ether oxygens (including phenoxy) is 1. The number of nitrogens with zero attached hydrogens (tertiary/aromatic N) is 2. The maximum absolute atomic E-state index is 12.9. The van der Waals surface area contributed by atoms with Gasteiger partial charge in [0.15, 0.2) is 0 Å². The molecule has 1 atom stereocenters. The van der Waals surface area contributed by atoms with E-state index in [4.69, 9.17) is 4.74 Å². The minimum atomic E-state index is -3.66. The molecule has 2 aromatic carbocycles. The number of aryl methyl sites for hydroxylation is 2.